The fraction of sp³-hybridized carbons (Fsp3) is 0.476. The molecule has 0 spiro atoms. The van der Waals surface area contributed by atoms with Crippen LogP contribution in [0.4, 0.5) is 10.5 Å². The first kappa shape index (κ1) is 19.4. The molecule has 0 radical (unpaired) electrons. The second kappa shape index (κ2) is 8.24. The van der Waals surface area contributed by atoms with Crippen LogP contribution >= 0.6 is 0 Å². The molecular formula is C21H27N5O3. The Bertz CT molecular complexity index is 936. The highest BCUT2D eigenvalue weighted by molar-refractivity contribution is 6.04. The second-order valence-electron chi connectivity index (χ2n) is 7.59. The summed E-state index contributed by atoms with van der Waals surface area (Å²) in [5, 5.41) is 7.27. The number of likely N-dealkylation sites (tertiary alicyclic amines) is 1. The van der Waals surface area contributed by atoms with E-state index in [-0.39, 0.29) is 6.03 Å². The Balaban J connectivity index is 1.50. The van der Waals surface area contributed by atoms with Gasteiger partial charge in [0.2, 0.25) is 0 Å². The molecule has 0 bridgehead atoms. The van der Waals surface area contributed by atoms with Gasteiger partial charge in [0.25, 0.3) is 0 Å². The molecule has 1 N–H and O–H groups in total. The van der Waals surface area contributed by atoms with Crippen LogP contribution in [0.1, 0.15) is 18.4 Å². The largest absolute Gasteiger partial charge is 0.496 e. The van der Waals surface area contributed by atoms with Crippen molar-refractivity contribution in [2.24, 2.45) is 18.0 Å². The average molecular weight is 397 g/mol. The number of carbonyl (C=O) groups excluding carboxylic acids is 1. The van der Waals surface area contributed by atoms with Crippen LogP contribution < -0.4 is 10.1 Å². The molecule has 3 heterocycles. The molecule has 1 aromatic heterocycles. The first-order valence-electron chi connectivity index (χ1n) is 9.90. The minimum Gasteiger partial charge on any atom is -0.496 e. The molecule has 0 unspecified atom stereocenters. The van der Waals surface area contributed by atoms with Gasteiger partial charge in [-0.05, 0) is 30.9 Å². The van der Waals surface area contributed by atoms with E-state index < -0.39 is 0 Å². The monoisotopic (exact) mass is 397 g/mol. The summed E-state index contributed by atoms with van der Waals surface area (Å²) in [5.41, 5.74) is 3.80. The molecular weight excluding hydrogens is 370 g/mol. The zero-order valence-corrected chi connectivity index (χ0v) is 17.1. The van der Waals surface area contributed by atoms with Crippen LogP contribution in [0.25, 0.3) is 11.1 Å². The lowest BCUT2D eigenvalue weighted by Gasteiger charge is -2.17. The van der Waals surface area contributed by atoms with Crippen molar-refractivity contribution in [3.8, 4) is 16.9 Å². The van der Waals surface area contributed by atoms with E-state index >= 15 is 0 Å². The van der Waals surface area contributed by atoms with Gasteiger partial charge in [-0.1, -0.05) is 0 Å². The Morgan fingerprint density at radius 2 is 2.21 bits per heavy atom. The predicted molar refractivity (Wildman–Crippen MR) is 111 cm³/mol. The van der Waals surface area contributed by atoms with Gasteiger partial charge in [0, 0.05) is 63.2 Å². The number of carbonyl (C=O) groups is 1. The lowest BCUT2D eigenvalue weighted by Crippen LogP contribution is -2.41. The molecule has 1 atom stereocenters. The first-order valence-corrected chi connectivity index (χ1v) is 9.90. The number of methoxy groups -OCH3 is 2. The van der Waals surface area contributed by atoms with Gasteiger partial charge in [-0.25, -0.2) is 9.79 Å². The minimum absolute atomic E-state index is 0.0848. The van der Waals surface area contributed by atoms with E-state index in [9.17, 15) is 4.79 Å². The third-order valence-electron chi connectivity index (χ3n) is 5.62. The number of benzene rings is 1. The second-order valence-corrected chi connectivity index (χ2v) is 7.59. The highest BCUT2D eigenvalue weighted by Crippen LogP contribution is 2.42. The Morgan fingerprint density at radius 1 is 1.34 bits per heavy atom. The van der Waals surface area contributed by atoms with Gasteiger partial charge in [-0.15, -0.1) is 0 Å². The van der Waals surface area contributed by atoms with Gasteiger partial charge in [-0.2, -0.15) is 5.10 Å². The van der Waals surface area contributed by atoms with Gasteiger partial charge in [-0.3, -0.25) is 10.00 Å². The molecule has 8 nitrogen and oxygen atoms in total. The highest BCUT2D eigenvalue weighted by Gasteiger charge is 2.29. The van der Waals surface area contributed by atoms with Crippen molar-refractivity contribution in [2.75, 3.05) is 33.9 Å². The molecule has 1 aromatic carbocycles. The molecule has 2 aliphatic heterocycles. The molecule has 8 heteroatoms. The number of hydrogen-bond donors (Lipinski definition) is 1. The molecule has 0 saturated carbocycles. The maximum Gasteiger partial charge on any atom is 0.322 e. The maximum atomic E-state index is 12.7. The third-order valence-corrected chi connectivity index (χ3v) is 5.62. The van der Waals surface area contributed by atoms with Crippen LogP contribution in [0.3, 0.4) is 0 Å². The smallest absolute Gasteiger partial charge is 0.322 e. The summed E-state index contributed by atoms with van der Waals surface area (Å²) in [4.78, 5) is 19.4. The van der Waals surface area contributed by atoms with Crippen molar-refractivity contribution in [3.63, 3.8) is 0 Å². The molecule has 1 saturated heterocycles. The summed E-state index contributed by atoms with van der Waals surface area (Å²) >= 11 is 0. The minimum atomic E-state index is -0.0848. The van der Waals surface area contributed by atoms with Crippen molar-refractivity contribution in [1.29, 1.82) is 0 Å². The molecule has 2 amide bonds. The number of aromatic nitrogens is 2. The average Bonchev–Trinajstić information content (AvgIpc) is 3.44. The summed E-state index contributed by atoms with van der Waals surface area (Å²) in [6.07, 6.45) is 6.32. The van der Waals surface area contributed by atoms with Crippen LogP contribution in [0, 0.1) is 5.92 Å². The number of hydrogen-bond acceptors (Lipinski definition) is 5. The molecule has 2 aromatic rings. The zero-order valence-electron chi connectivity index (χ0n) is 17.1. The van der Waals surface area contributed by atoms with Crippen LogP contribution in [-0.4, -0.2) is 60.5 Å². The molecule has 154 valence electrons. The van der Waals surface area contributed by atoms with Gasteiger partial charge in [0.15, 0.2) is 0 Å². The van der Waals surface area contributed by atoms with Gasteiger partial charge >= 0.3 is 6.03 Å². The van der Waals surface area contributed by atoms with Gasteiger partial charge < -0.3 is 14.4 Å². The number of fused-ring (bicyclic) bond motifs is 1. The topological polar surface area (TPSA) is 81.0 Å². The van der Waals surface area contributed by atoms with Crippen molar-refractivity contribution in [1.82, 2.24) is 20.0 Å². The number of amidine groups is 1. The van der Waals surface area contributed by atoms with Crippen molar-refractivity contribution in [2.45, 2.75) is 19.3 Å². The standard InChI is InChI=1S/C21H27N5O3/c1-25-13-15(11-22-25)16-4-5-18(29-3)17-10-19(23-20(16)17)24-21(27)26-8-6-14(12-26)7-9-28-2/h4-5,11,13-14H,6-10,12H2,1-3H3,(H,23,24,27)/t14-/m0/s1. The van der Waals surface area contributed by atoms with E-state index in [4.69, 9.17) is 14.5 Å². The summed E-state index contributed by atoms with van der Waals surface area (Å²) in [6.45, 7) is 2.27. The first-order chi connectivity index (χ1) is 14.1. The third kappa shape index (κ3) is 3.98. The van der Waals surface area contributed by atoms with E-state index in [1.807, 2.05) is 36.5 Å². The fourth-order valence-corrected chi connectivity index (χ4v) is 4.05. The number of nitrogens with one attached hydrogen (secondary N) is 1. The number of ether oxygens (including phenoxy) is 2. The summed E-state index contributed by atoms with van der Waals surface area (Å²) in [6, 6.07) is 3.85. The normalized spacial score (nSPS) is 18.0. The number of urea groups is 1. The fourth-order valence-electron chi connectivity index (χ4n) is 4.05. The van der Waals surface area contributed by atoms with Gasteiger partial charge in [0.05, 0.1) is 19.0 Å². The summed E-state index contributed by atoms with van der Waals surface area (Å²) in [5.74, 6) is 1.93. The van der Waals surface area contributed by atoms with E-state index in [0.717, 1.165) is 60.7 Å². The van der Waals surface area contributed by atoms with E-state index in [2.05, 4.69) is 10.4 Å². The zero-order chi connectivity index (χ0) is 20.4. The Labute approximate surface area is 170 Å². The molecule has 29 heavy (non-hydrogen) atoms. The van der Waals surface area contributed by atoms with Crippen molar-refractivity contribution < 1.29 is 14.3 Å². The molecule has 1 fully saturated rings. The van der Waals surface area contributed by atoms with Crippen molar-refractivity contribution in [3.05, 3.63) is 30.1 Å². The number of nitrogens with zero attached hydrogens (tertiary/aromatic N) is 4. The molecule has 4 rings (SSSR count). The van der Waals surface area contributed by atoms with Crippen LogP contribution in [0.15, 0.2) is 29.5 Å². The van der Waals surface area contributed by atoms with E-state index in [0.29, 0.717) is 18.2 Å². The summed E-state index contributed by atoms with van der Waals surface area (Å²) in [7, 11) is 5.25. The Morgan fingerprint density at radius 3 is 2.93 bits per heavy atom. The van der Waals surface area contributed by atoms with Crippen LogP contribution in [-0.2, 0) is 18.2 Å². The number of aryl methyl sites for hydroxylation is 1. The Hall–Kier alpha value is -2.87. The highest BCUT2D eigenvalue weighted by atomic mass is 16.5. The van der Waals surface area contributed by atoms with E-state index in [1.54, 1.807) is 18.9 Å². The number of rotatable bonds is 5. The quantitative estimate of drug-likeness (QED) is 0.841. The lowest BCUT2D eigenvalue weighted by molar-refractivity contribution is 0.176. The molecule has 2 aliphatic rings. The van der Waals surface area contributed by atoms with Crippen LogP contribution in [0.5, 0.6) is 5.75 Å². The maximum absolute atomic E-state index is 12.7. The lowest BCUT2D eigenvalue weighted by atomic mass is 10.0. The SMILES string of the molecule is COCC[C@@H]1CCN(C(=O)NC2=Nc3c(-c4cnn(C)c4)ccc(OC)c3C2)C1. The predicted octanol–water partition coefficient (Wildman–Crippen LogP) is 2.75. The Kier molecular flexibility index (Phi) is 5.53. The van der Waals surface area contributed by atoms with Crippen LogP contribution in [0.2, 0.25) is 0 Å². The van der Waals surface area contributed by atoms with Gasteiger partial charge in [0.1, 0.15) is 11.6 Å². The summed E-state index contributed by atoms with van der Waals surface area (Å²) < 4.78 is 12.5. The van der Waals surface area contributed by atoms with Crippen molar-refractivity contribution >= 4 is 17.6 Å². The number of aliphatic imine (C=N–C) groups is 1. The number of amides is 2. The molecule has 0 aliphatic carbocycles. The van der Waals surface area contributed by atoms with E-state index in [1.165, 1.54) is 0 Å².